The van der Waals surface area contributed by atoms with Gasteiger partial charge in [-0.2, -0.15) is 0 Å². The van der Waals surface area contributed by atoms with Gasteiger partial charge in [-0.3, -0.25) is 0 Å². The van der Waals surface area contributed by atoms with E-state index in [1.807, 2.05) is 48.5 Å². The summed E-state index contributed by atoms with van der Waals surface area (Å²) in [6.07, 6.45) is 0.816. The fraction of sp³-hybridized carbons (Fsp3) is 0.0833. The summed E-state index contributed by atoms with van der Waals surface area (Å²) in [7, 11) is 0. The second-order valence-electron chi connectivity index (χ2n) is 6.18. The van der Waals surface area contributed by atoms with Crippen molar-refractivity contribution in [3.8, 4) is 11.8 Å². The molecule has 0 spiro atoms. The molecule has 0 bridgehead atoms. The Morgan fingerprint density at radius 1 is 0.760 bits per heavy atom. The van der Waals surface area contributed by atoms with Gasteiger partial charge < -0.3 is 4.42 Å². The van der Waals surface area contributed by atoms with E-state index in [0.29, 0.717) is 0 Å². The predicted octanol–water partition coefficient (Wildman–Crippen LogP) is 5.73. The molecule has 25 heavy (non-hydrogen) atoms. The average molecular weight is 322 g/mol. The van der Waals surface area contributed by atoms with E-state index in [1.54, 1.807) is 0 Å². The maximum atomic E-state index is 6.04. The summed E-state index contributed by atoms with van der Waals surface area (Å²) >= 11 is 0. The van der Waals surface area contributed by atoms with Gasteiger partial charge in [0.15, 0.2) is 5.76 Å². The number of rotatable bonds is 2. The first kappa shape index (κ1) is 15.3. The van der Waals surface area contributed by atoms with Crippen LogP contribution in [0.5, 0.6) is 0 Å². The lowest BCUT2D eigenvalue weighted by atomic mass is 10.0. The zero-order valence-corrected chi connectivity index (χ0v) is 14.1. The molecule has 0 amide bonds. The summed E-state index contributed by atoms with van der Waals surface area (Å²) in [5.74, 6) is 7.20. The molecule has 0 atom stereocenters. The Labute approximate surface area is 147 Å². The van der Waals surface area contributed by atoms with Crippen molar-refractivity contribution >= 4 is 11.0 Å². The molecule has 1 heterocycles. The summed E-state index contributed by atoms with van der Waals surface area (Å²) in [5, 5.41) is 1.14. The van der Waals surface area contributed by atoms with Crippen LogP contribution in [-0.4, -0.2) is 0 Å². The first-order valence-corrected chi connectivity index (χ1v) is 8.42. The average Bonchev–Trinajstić information content (AvgIpc) is 3.00. The maximum Gasteiger partial charge on any atom is 0.182 e. The largest absolute Gasteiger partial charge is 0.447 e. The second kappa shape index (κ2) is 6.71. The third-order valence-electron chi connectivity index (χ3n) is 4.29. The molecular formula is C24H18O. The highest BCUT2D eigenvalue weighted by atomic mass is 16.3. The maximum absolute atomic E-state index is 6.04. The predicted molar refractivity (Wildman–Crippen MR) is 103 cm³/mol. The van der Waals surface area contributed by atoms with Crippen molar-refractivity contribution in [1.29, 1.82) is 0 Å². The molecule has 0 unspecified atom stereocenters. The van der Waals surface area contributed by atoms with E-state index in [9.17, 15) is 0 Å². The van der Waals surface area contributed by atoms with Gasteiger partial charge in [0.05, 0.1) is 0 Å². The Bertz CT molecular complexity index is 1060. The SMILES string of the molecule is Cc1ccc(Cc2c(C#Cc3ccccc3)oc3ccccc23)cc1. The van der Waals surface area contributed by atoms with Crippen LogP contribution >= 0.6 is 0 Å². The van der Waals surface area contributed by atoms with E-state index in [1.165, 1.54) is 11.1 Å². The van der Waals surface area contributed by atoms with Crippen LogP contribution in [0.25, 0.3) is 11.0 Å². The Kier molecular flexibility index (Phi) is 4.11. The number of fused-ring (bicyclic) bond motifs is 1. The van der Waals surface area contributed by atoms with Crippen molar-refractivity contribution in [3.05, 3.63) is 107 Å². The van der Waals surface area contributed by atoms with Crippen molar-refractivity contribution in [2.75, 3.05) is 0 Å². The monoisotopic (exact) mass is 322 g/mol. The highest BCUT2D eigenvalue weighted by Crippen LogP contribution is 2.27. The first-order chi connectivity index (χ1) is 12.3. The van der Waals surface area contributed by atoms with Crippen LogP contribution in [-0.2, 0) is 6.42 Å². The van der Waals surface area contributed by atoms with Gasteiger partial charge >= 0.3 is 0 Å². The molecule has 3 aromatic carbocycles. The van der Waals surface area contributed by atoms with Gasteiger partial charge in [0, 0.05) is 22.9 Å². The summed E-state index contributed by atoms with van der Waals surface area (Å²) in [6.45, 7) is 2.10. The zero-order chi connectivity index (χ0) is 17.1. The van der Waals surface area contributed by atoms with Crippen LogP contribution < -0.4 is 0 Å². The van der Waals surface area contributed by atoms with Gasteiger partial charge in [0.2, 0.25) is 0 Å². The Hall–Kier alpha value is -3.24. The molecule has 0 aliphatic carbocycles. The van der Waals surface area contributed by atoms with Crippen LogP contribution in [0.3, 0.4) is 0 Å². The minimum absolute atomic E-state index is 0.755. The molecule has 0 saturated carbocycles. The van der Waals surface area contributed by atoms with Crippen LogP contribution in [0.4, 0.5) is 0 Å². The summed E-state index contributed by atoms with van der Waals surface area (Å²) in [5.41, 5.74) is 5.57. The third kappa shape index (κ3) is 3.34. The fourth-order valence-corrected chi connectivity index (χ4v) is 2.94. The molecule has 0 fully saturated rings. The minimum atomic E-state index is 0.755. The number of benzene rings is 3. The van der Waals surface area contributed by atoms with Gasteiger partial charge in [0.25, 0.3) is 0 Å². The highest BCUT2D eigenvalue weighted by Gasteiger charge is 2.12. The van der Waals surface area contributed by atoms with Crippen molar-refractivity contribution in [3.63, 3.8) is 0 Å². The van der Waals surface area contributed by atoms with Gasteiger partial charge in [-0.05, 0) is 36.6 Å². The molecule has 0 radical (unpaired) electrons. The number of hydrogen-bond donors (Lipinski definition) is 0. The molecule has 4 rings (SSSR count). The van der Waals surface area contributed by atoms with E-state index in [4.69, 9.17) is 4.42 Å². The lowest BCUT2D eigenvalue weighted by molar-refractivity contribution is 0.597. The molecule has 1 aromatic heterocycles. The Morgan fingerprint density at radius 3 is 2.28 bits per heavy atom. The highest BCUT2D eigenvalue weighted by molar-refractivity contribution is 5.83. The molecule has 0 saturated heterocycles. The molecule has 120 valence electrons. The Balaban J connectivity index is 1.78. The van der Waals surface area contributed by atoms with E-state index in [2.05, 4.69) is 49.1 Å². The Morgan fingerprint density at radius 2 is 1.48 bits per heavy atom. The van der Waals surface area contributed by atoms with Crippen molar-refractivity contribution in [1.82, 2.24) is 0 Å². The summed E-state index contributed by atoms with van der Waals surface area (Å²) in [4.78, 5) is 0. The lowest BCUT2D eigenvalue weighted by Gasteiger charge is -2.01. The summed E-state index contributed by atoms with van der Waals surface area (Å²) in [6, 6.07) is 26.8. The van der Waals surface area contributed by atoms with Crippen LogP contribution in [0.15, 0.2) is 83.3 Å². The number of hydrogen-bond acceptors (Lipinski definition) is 1. The molecule has 0 N–H and O–H groups in total. The lowest BCUT2D eigenvalue weighted by Crippen LogP contribution is -1.90. The summed E-state index contributed by atoms with van der Waals surface area (Å²) < 4.78 is 6.04. The topological polar surface area (TPSA) is 13.1 Å². The van der Waals surface area contributed by atoms with E-state index in [0.717, 1.165) is 34.3 Å². The number of para-hydroxylation sites is 1. The van der Waals surface area contributed by atoms with Gasteiger partial charge in [-0.1, -0.05) is 72.1 Å². The third-order valence-corrected chi connectivity index (χ3v) is 4.29. The van der Waals surface area contributed by atoms with Crippen LogP contribution in [0.2, 0.25) is 0 Å². The van der Waals surface area contributed by atoms with E-state index < -0.39 is 0 Å². The quantitative estimate of drug-likeness (QED) is 0.429. The number of aryl methyl sites for hydroxylation is 1. The van der Waals surface area contributed by atoms with Crippen molar-refractivity contribution < 1.29 is 4.42 Å². The zero-order valence-electron chi connectivity index (χ0n) is 14.1. The van der Waals surface area contributed by atoms with Gasteiger partial charge in [0.1, 0.15) is 5.58 Å². The standard InChI is InChI=1S/C24H18O/c1-18-11-13-20(14-12-18)17-22-21-9-5-6-10-23(21)25-24(22)16-15-19-7-3-2-4-8-19/h2-14H,17H2,1H3. The molecule has 0 aliphatic heterocycles. The molecular weight excluding hydrogens is 304 g/mol. The smallest absolute Gasteiger partial charge is 0.182 e. The van der Waals surface area contributed by atoms with Crippen molar-refractivity contribution in [2.24, 2.45) is 0 Å². The van der Waals surface area contributed by atoms with Crippen molar-refractivity contribution in [2.45, 2.75) is 13.3 Å². The first-order valence-electron chi connectivity index (χ1n) is 8.42. The normalized spacial score (nSPS) is 10.4. The molecule has 4 aromatic rings. The van der Waals surface area contributed by atoms with E-state index >= 15 is 0 Å². The molecule has 1 heteroatoms. The number of furan rings is 1. The minimum Gasteiger partial charge on any atom is -0.447 e. The van der Waals surface area contributed by atoms with Crippen LogP contribution in [0, 0.1) is 18.8 Å². The fourth-order valence-electron chi connectivity index (χ4n) is 2.94. The van der Waals surface area contributed by atoms with E-state index in [-0.39, 0.29) is 0 Å². The second-order valence-corrected chi connectivity index (χ2v) is 6.18. The van der Waals surface area contributed by atoms with Gasteiger partial charge in [-0.25, -0.2) is 0 Å². The molecule has 0 aliphatic rings. The van der Waals surface area contributed by atoms with Gasteiger partial charge in [-0.15, -0.1) is 0 Å². The molecule has 1 nitrogen and oxygen atoms in total. The van der Waals surface area contributed by atoms with Crippen LogP contribution in [0.1, 0.15) is 28.0 Å².